The van der Waals surface area contributed by atoms with Gasteiger partial charge in [0.15, 0.2) is 0 Å². The number of amides is 2. The highest BCUT2D eigenvalue weighted by molar-refractivity contribution is 5.87. The predicted molar refractivity (Wildman–Crippen MR) is 107 cm³/mol. The Kier molecular flexibility index (Phi) is 8.01. The summed E-state index contributed by atoms with van der Waals surface area (Å²) < 4.78 is 10.7. The Morgan fingerprint density at radius 1 is 1.17 bits per heavy atom. The lowest BCUT2D eigenvalue weighted by molar-refractivity contribution is -0.148. The fraction of sp³-hybridized carbons (Fsp3) is 0.571. The number of nitrogens with zero attached hydrogens (tertiary/aromatic N) is 2. The Labute approximate surface area is 171 Å². The van der Waals surface area contributed by atoms with Crippen molar-refractivity contribution in [2.24, 2.45) is 0 Å². The molecule has 0 aliphatic carbocycles. The lowest BCUT2D eigenvalue weighted by Gasteiger charge is -2.33. The predicted octanol–water partition coefficient (Wildman–Crippen LogP) is 2.17. The molecule has 1 saturated heterocycles. The van der Waals surface area contributed by atoms with Gasteiger partial charge in [0.05, 0.1) is 19.6 Å². The molecule has 1 aromatic rings. The number of carbonyl (C=O) groups excluding carboxylic acids is 2. The molecule has 2 amide bonds. The van der Waals surface area contributed by atoms with Gasteiger partial charge in [-0.2, -0.15) is 0 Å². The zero-order valence-electron chi connectivity index (χ0n) is 17.3. The van der Waals surface area contributed by atoms with Gasteiger partial charge in [-0.1, -0.05) is 30.3 Å². The number of rotatable bonds is 7. The molecule has 1 atom stereocenters. The van der Waals surface area contributed by atoms with Gasteiger partial charge in [0.1, 0.15) is 11.6 Å². The number of ether oxygens (including phenoxy) is 2. The molecule has 2 rings (SSSR count). The maximum absolute atomic E-state index is 12.8. The summed E-state index contributed by atoms with van der Waals surface area (Å²) in [5.41, 5.74) is 0.184. The molecule has 29 heavy (non-hydrogen) atoms. The van der Waals surface area contributed by atoms with Crippen molar-refractivity contribution < 1.29 is 29.0 Å². The molecule has 8 nitrogen and oxygen atoms in total. The van der Waals surface area contributed by atoms with Crippen LogP contribution in [-0.4, -0.2) is 77.4 Å². The Hall–Kier alpha value is -2.61. The second-order valence-electron chi connectivity index (χ2n) is 7.96. The van der Waals surface area contributed by atoms with Gasteiger partial charge in [0.2, 0.25) is 5.91 Å². The number of benzene rings is 1. The molecule has 1 aliphatic heterocycles. The molecule has 0 bridgehead atoms. The Balaban J connectivity index is 2.17. The summed E-state index contributed by atoms with van der Waals surface area (Å²) in [5.74, 6) is -1.54. The highest BCUT2D eigenvalue weighted by Crippen LogP contribution is 2.16. The van der Waals surface area contributed by atoms with E-state index in [2.05, 4.69) is 0 Å². The first-order valence-corrected chi connectivity index (χ1v) is 9.79. The van der Waals surface area contributed by atoms with E-state index in [1.807, 2.05) is 30.3 Å². The number of hydrogen-bond donors (Lipinski definition) is 1. The van der Waals surface area contributed by atoms with Crippen LogP contribution in [0.2, 0.25) is 0 Å². The van der Waals surface area contributed by atoms with Crippen LogP contribution < -0.4 is 0 Å². The lowest BCUT2D eigenvalue weighted by Crippen LogP contribution is -2.51. The molecule has 1 N–H and O–H groups in total. The molecule has 0 spiro atoms. The summed E-state index contributed by atoms with van der Waals surface area (Å²) in [6, 6.07) is 8.15. The number of carboxylic acids is 1. The summed E-state index contributed by atoms with van der Waals surface area (Å²) in [7, 11) is 0. The van der Waals surface area contributed by atoms with E-state index in [1.54, 1.807) is 25.7 Å². The average molecular weight is 406 g/mol. The molecule has 8 heteroatoms. The third-order valence-corrected chi connectivity index (χ3v) is 4.51. The number of morpholine rings is 1. The van der Waals surface area contributed by atoms with Crippen molar-refractivity contribution >= 4 is 18.0 Å². The summed E-state index contributed by atoms with van der Waals surface area (Å²) in [6.07, 6.45) is -0.588. The highest BCUT2D eigenvalue weighted by Gasteiger charge is 2.35. The fourth-order valence-corrected chi connectivity index (χ4v) is 3.03. The molecular weight excluding hydrogens is 376 g/mol. The molecule has 1 aromatic carbocycles. The average Bonchev–Trinajstić information content (AvgIpc) is 2.67. The molecular formula is C21H30N2O6. The SMILES string of the molecule is CC(C)(C)OC(=O)N(CCc1ccccc1)[C@H](CC(=O)N1CCOCC1)C(=O)O. The van der Waals surface area contributed by atoms with Gasteiger partial charge in [-0.3, -0.25) is 9.69 Å². The minimum absolute atomic E-state index is 0.131. The van der Waals surface area contributed by atoms with Crippen LogP contribution in [0.5, 0.6) is 0 Å². The summed E-state index contributed by atoms with van der Waals surface area (Å²) in [5, 5.41) is 9.79. The van der Waals surface area contributed by atoms with E-state index in [0.717, 1.165) is 10.5 Å². The second-order valence-corrected chi connectivity index (χ2v) is 7.96. The highest BCUT2D eigenvalue weighted by atomic mass is 16.6. The zero-order chi connectivity index (χ0) is 21.4. The van der Waals surface area contributed by atoms with Gasteiger partial charge in [0.25, 0.3) is 0 Å². The van der Waals surface area contributed by atoms with Crippen LogP contribution in [-0.2, 0) is 25.5 Å². The largest absolute Gasteiger partial charge is 0.480 e. The first-order valence-electron chi connectivity index (χ1n) is 9.79. The smallest absolute Gasteiger partial charge is 0.411 e. The normalized spacial score (nSPS) is 15.5. The number of hydrogen-bond acceptors (Lipinski definition) is 5. The topological polar surface area (TPSA) is 96.4 Å². The van der Waals surface area contributed by atoms with Gasteiger partial charge in [-0.25, -0.2) is 9.59 Å². The van der Waals surface area contributed by atoms with E-state index in [1.165, 1.54) is 0 Å². The molecule has 1 fully saturated rings. The fourth-order valence-electron chi connectivity index (χ4n) is 3.03. The zero-order valence-corrected chi connectivity index (χ0v) is 17.3. The van der Waals surface area contributed by atoms with Gasteiger partial charge < -0.3 is 19.5 Å². The van der Waals surface area contributed by atoms with Crippen molar-refractivity contribution in [2.75, 3.05) is 32.8 Å². The molecule has 0 aromatic heterocycles. The van der Waals surface area contributed by atoms with Crippen LogP contribution in [0.15, 0.2) is 30.3 Å². The number of aliphatic carboxylic acids is 1. The van der Waals surface area contributed by atoms with Crippen LogP contribution in [0.25, 0.3) is 0 Å². The second kappa shape index (κ2) is 10.2. The first-order chi connectivity index (χ1) is 13.7. The van der Waals surface area contributed by atoms with Crippen LogP contribution >= 0.6 is 0 Å². The van der Waals surface area contributed by atoms with Gasteiger partial charge in [-0.05, 0) is 32.8 Å². The van der Waals surface area contributed by atoms with E-state index < -0.39 is 23.7 Å². The lowest BCUT2D eigenvalue weighted by atomic mass is 10.1. The Morgan fingerprint density at radius 3 is 2.34 bits per heavy atom. The Morgan fingerprint density at radius 2 is 1.79 bits per heavy atom. The molecule has 0 saturated carbocycles. The van der Waals surface area contributed by atoms with Crippen LogP contribution in [0, 0.1) is 0 Å². The molecule has 1 aliphatic rings. The van der Waals surface area contributed by atoms with Crippen molar-refractivity contribution in [3.8, 4) is 0 Å². The van der Waals surface area contributed by atoms with Crippen LogP contribution in [0.1, 0.15) is 32.8 Å². The Bertz CT molecular complexity index is 695. The molecule has 0 unspecified atom stereocenters. The van der Waals surface area contributed by atoms with Crippen molar-refractivity contribution in [1.82, 2.24) is 9.80 Å². The monoisotopic (exact) mass is 406 g/mol. The quantitative estimate of drug-likeness (QED) is 0.746. The van der Waals surface area contributed by atoms with Crippen molar-refractivity contribution in [2.45, 2.75) is 45.3 Å². The molecule has 1 heterocycles. The molecule has 160 valence electrons. The van der Waals surface area contributed by atoms with Crippen molar-refractivity contribution in [1.29, 1.82) is 0 Å². The van der Waals surface area contributed by atoms with Crippen molar-refractivity contribution in [3.05, 3.63) is 35.9 Å². The standard InChI is InChI=1S/C21H30N2O6/c1-21(2,3)29-20(27)23(10-9-16-7-5-4-6-8-16)17(19(25)26)15-18(24)22-11-13-28-14-12-22/h4-8,17H,9-15H2,1-3H3,(H,25,26)/t17-/m1/s1. The minimum Gasteiger partial charge on any atom is -0.480 e. The molecule has 0 radical (unpaired) electrons. The maximum Gasteiger partial charge on any atom is 0.411 e. The van der Waals surface area contributed by atoms with Crippen molar-refractivity contribution in [3.63, 3.8) is 0 Å². The van der Waals surface area contributed by atoms with Gasteiger partial charge >= 0.3 is 12.1 Å². The summed E-state index contributed by atoms with van der Waals surface area (Å²) >= 11 is 0. The van der Waals surface area contributed by atoms with Crippen LogP contribution in [0.4, 0.5) is 4.79 Å². The van der Waals surface area contributed by atoms with E-state index in [0.29, 0.717) is 32.7 Å². The van der Waals surface area contributed by atoms with E-state index >= 15 is 0 Å². The minimum atomic E-state index is -1.30. The maximum atomic E-state index is 12.8. The first kappa shape index (κ1) is 22.7. The summed E-state index contributed by atoms with van der Waals surface area (Å²) in [6.45, 7) is 6.97. The summed E-state index contributed by atoms with van der Waals surface area (Å²) in [4.78, 5) is 40.1. The number of carbonyl (C=O) groups is 3. The van der Waals surface area contributed by atoms with Crippen LogP contribution in [0.3, 0.4) is 0 Å². The number of carboxylic acid groups (broad SMARTS) is 1. The third-order valence-electron chi connectivity index (χ3n) is 4.51. The van der Waals surface area contributed by atoms with Gasteiger partial charge in [0, 0.05) is 19.6 Å². The van der Waals surface area contributed by atoms with E-state index in [9.17, 15) is 19.5 Å². The van der Waals surface area contributed by atoms with E-state index in [4.69, 9.17) is 9.47 Å². The van der Waals surface area contributed by atoms with E-state index in [-0.39, 0.29) is 18.9 Å². The third kappa shape index (κ3) is 7.38. The van der Waals surface area contributed by atoms with Gasteiger partial charge in [-0.15, -0.1) is 0 Å².